The number of hydrogen-bond donors (Lipinski definition) is 3. The van der Waals surface area contributed by atoms with Crippen LogP contribution in [-0.4, -0.2) is 48.4 Å². The molecule has 0 aliphatic carbocycles. The Balaban J connectivity index is 2.11. The number of ether oxygens (including phenoxy) is 1. The molecule has 106 valence electrons. The van der Waals surface area contributed by atoms with E-state index in [-0.39, 0.29) is 31.3 Å². The first kappa shape index (κ1) is 15.0. The normalized spacial score (nSPS) is 10.2. The van der Waals surface area contributed by atoms with Crippen molar-refractivity contribution >= 4 is 17.6 Å². The summed E-state index contributed by atoms with van der Waals surface area (Å²) in [7, 11) is 1.56. The molecule has 2 amide bonds. The fourth-order valence-corrected chi connectivity index (χ4v) is 1.36. The lowest BCUT2D eigenvalue weighted by molar-refractivity contribution is -0.122. The van der Waals surface area contributed by atoms with Gasteiger partial charge in [-0.3, -0.25) is 14.3 Å². The molecule has 0 atom stereocenters. The van der Waals surface area contributed by atoms with Crippen molar-refractivity contribution in [3.05, 3.63) is 12.3 Å². The second-order valence-electron chi connectivity index (χ2n) is 3.88. The van der Waals surface area contributed by atoms with Gasteiger partial charge in [-0.15, -0.1) is 0 Å². The summed E-state index contributed by atoms with van der Waals surface area (Å²) >= 11 is 0. The zero-order valence-corrected chi connectivity index (χ0v) is 10.9. The molecule has 0 saturated carbocycles. The van der Waals surface area contributed by atoms with Gasteiger partial charge < -0.3 is 21.1 Å². The fourth-order valence-electron chi connectivity index (χ4n) is 1.36. The number of nitrogen functional groups attached to an aromatic ring is 1. The van der Waals surface area contributed by atoms with Crippen LogP contribution in [0.1, 0.15) is 6.42 Å². The minimum atomic E-state index is -0.215. The van der Waals surface area contributed by atoms with E-state index < -0.39 is 0 Å². The van der Waals surface area contributed by atoms with Crippen molar-refractivity contribution in [2.75, 3.05) is 32.5 Å². The number of anilines is 1. The van der Waals surface area contributed by atoms with E-state index in [9.17, 15) is 9.59 Å². The molecule has 0 bridgehead atoms. The van der Waals surface area contributed by atoms with E-state index in [1.165, 1.54) is 4.68 Å². The van der Waals surface area contributed by atoms with Crippen LogP contribution in [0.5, 0.6) is 0 Å². The van der Waals surface area contributed by atoms with Gasteiger partial charge >= 0.3 is 0 Å². The summed E-state index contributed by atoms with van der Waals surface area (Å²) in [6.45, 7) is 1.31. The number of aromatic nitrogens is 2. The third-order valence-corrected chi connectivity index (χ3v) is 2.27. The van der Waals surface area contributed by atoms with Gasteiger partial charge in [0.1, 0.15) is 12.4 Å². The van der Waals surface area contributed by atoms with Gasteiger partial charge in [0.15, 0.2) is 0 Å². The van der Waals surface area contributed by atoms with Crippen LogP contribution < -0.4 is 16.4 Å². The first-order valence-electron chi connectivity index (χ1n) is 5.93. The number of nitrogens with zero attached hydrogens (tertiary/aromatic N) is 2. The number of nitrogens with one attached hydrogen (secondary N) is 2. The van der Waals surface area contributed by atoms with E-state index in [0.717, 1.165) is 0 Å². The predicted octanol–water partition coefficient (Wildman–Crippen LogP) is -1.27. The standard InChI is InChI=1S/C11H19N5O3/c1-19-7-5-14-10(17)2-4-13-11(18)8-16-6-3-9(12)15-16/h3,6H,2,4-5,7-8H2,1H3,(H2,12,15)(H,13,18)(H,14,17). The molecule has 1 heterocycles. The highest BCUT2D eigenvalue weighted by Gasteiger charge is 2.05. The van der Waals surface area contributed by atoms with Gasteiger partial charge in [0, 0.05) is 32.8 Å². The maximum Gasteiger partial charge on any atom is 0.241 e. The first-order valence-corrected chi connectivity index (χ1v) is 5.93. The highest BCUT2D eigenvalue weighted by atomic mass is 16.5. The molecule has 0 fully saturated rings. The highest BCUT2D eigenvalue weighted by Crippen LogP contribution is 1.94. The molecule has 0 unspecified atom stereocenters. The van der Waals surface area contributed by atoms with Gasteiger partial charge in [0.2, 0.25) is 11.8 Å². The van der Waals surface area contributed by atoms with Crippen LogP contribution in [0.4, 0.5) is 5.82 Å². The van der Waals surface area contributed by atoms with Gasteiger partial charge in [0.25, 0.3) is 0 Å². The summed E-state index contributed by atoms with van der Waals surface area (Å²) in [5.74, 6) is 0.0267. The smallest absolute Gasteiger partial charge is 0.241 e. The van der Waals surface area contributed by atoms with E-state index in [1.54, 1.807) is 19.4 Å². The van der Waals surface area contributed by atoms with Gasteiger partial charge in [-0.2, -0.15) is 5.10 Å². The number of rotatable bonds is 8. The molecule has 0 aliphatic rings. The molecule has 0 saturated heterocycles. The van der Waals surface area contributed by atoms with Crippen LogP contribution in [0.2, 0.25) is 0 Å². The number of carbonyl (C=O) groups excluding carboxylic acids is 2. The minimum absolute atomic E-state index is 0.0858. The van der Waals surface area contributed by atoms with Crippen molar-refractivity contribution in [1.82, 2.24) is 20.4 Å². The van der Waals surface area contributed by atoms with Crippen molar-refractivity contribution in [2.24, 2.45) is 0 Å². The third-order valence-electron chi connectivity index (χ3n) is 2.27. The lowest BCUT2D eigenvalue weighted by Gasteiger charge is -2.06. The monoisotopic (exact) mass is 269 g/mol. The Bertz CT molecular complexity index is 418. The van der Waals surface area contributed by atoms with Crippen molar-refractivity contribution in [3.8, 4) is 0 Å². The summed E-state index contributed by atoms with van der Waals surface area (Å²) in [5.41, 5.74) is 5.43. The molecule has 8 nitrogen and oxygen atoms in total. The summed E-state index contributed by atoms with van der Waals surface area (Å²) in [6.07, 6.45) is 1.85. The summed E-state index contributed by atoms with van der Waals surface area (Å²) in [4.78, 5) is 22.8. The Labute approximate surface area is 111 Å². The Morgan fingerprint density at radius 2 is 2.11 bits per heavy atom. The Morgan fingerprint density at radius 1 is 1.37 bits per heavy atom. The van der Waals surface area contributed by atoms with E-state index in [4.69, 9.17) is 10.5 Å². The Kier molecular flexibility index (Phi) is 6.37. The van der Waals surface area contributed by atoms with Gasteiger partial charge in [-0.25, -0.2) is 0 Å². The minimum Gasteiger partial charge on any atom is -0.383 e. The topological polar surface area (TPSA) is 111 Å². The van der Waals surface area contributed by atoms with Crippen LogP contribution in [0, 0.1) is 0 Å². The Hall–Kier alpha value is -2.09. The largest absolute Gasteiger partial charge is 0.383 e. The first-order chi connectivity index (χ1) is 9.11. The van der Waals surface area contributed by atoms with Crippen LogP contribution >= 0.6 is 0 Å². The number of carbonyl (C=O) groups is 2. The second-order valence-corrected chi connectivity index (χ2v) is 3.88. The molecule has 1 aromatic heterocycles. The van der Waals surface area contributed by atoms with Crippen LogP contribution in [0.3, 0.4) is 0 Å². The molecule has 1 rings (SSSR count). The quantitative estimate of drug-likeness (QED) is 0.510. The second kappa shape index (κ2) is 8.09. The van der Waals surface area contributed by atoms with E-state index in [1.807, 2.05) is 0 Å². The molecule has 1 aromatic rings. The maximum absolute atomic E-state index is 11.5. The number of amides is 2. The van der Waals surface area contributed by atoms with Crippen LogP contribution in [0.25, 0.3) is 0 Å². The summed E-state index contributed by atoms with van der Waals surface area (Å²) in [6, 6.07) is 1.61. The van der Waals surface area contributed by atoms with Gasteiger partial charge in [-0.05, 0) is 6.07 Å². The zero-order valence-electron chi connectivity index (χ0n) is 10.9. The summed E-state index contributed by atoms with van der Waals surface area (Å²) < 4.78 is 6.23. The highest BCUT2D eigenvalue weighted by molar-refractivity contribution is 5.78. The molecule has 0 aliphatic heterocycles. The van der Waals surface area contributed by atoms with Crippen molar-refractivity contribution in [2.45, 2.75) is 13.0 Å². The molecular formula is C11H19N5O3. The van der Waals surface area contributed by atoms with E-state index in [2.05, 4.69) is 15.7 Å². The predicted molar refractivity (Wildman–Crippen MR) is 69.2 cm³/mol. The molecule has 0 aromatic carbocycles. The number of nitrogens with two attached hydrogens (primary N) is 1. The fraction of sp³-hybridized carbons (Fsp3) is 0.545. The lowest BCUT2D eigenvalue weighted by Crippen LogP contribution is -2.33. The number of methoxy groups -OCH3 is 1. The molecular weight excluding hydrogens is 250 g/mol. The molecule has 8 heteroatoms. The average molecular weight is 269 g/mol. The average Bonchev–Trinajstić information content (AvgIpc) is 2.75. The molecule has 0 spiro atoms. The lowest BCUT2D eigenvalue weighted by atomic mass is 10.4. The van der Waals surface area contributed by atoms with E-state index >= 15 is 0 Å². The van der Waals surface area contributed by atoms with E-state index in [0.29, 0.717) is 19.0 Å². The van der Waals surface area contributed by atoms with Crippen LogP contribution in [-0.2, 0) is 20.9 Å². The van der Waals surface area contributed by atoms with Crippen LogP contribution in [0.15, 0.2) is 12.3 Å². The molecule has 4 N–H and O–H groups in total. The maximum atomic E-state index is 11.5. The van der Waals surface area contributed by atoms with Crippen molar-refractivity contribution in [3.63, 3.8) is 0 Å². The molecule has 19 heavy (non-hydrogen) atoms. The SMILES string of the molecule is COCCNC(=O)CCNC(=O)Cn1ccc(N)n1. The van der Waals surface area contributed by atoms with Gasteiger partial charge in [0.05, 0.1) is 6.61 Å². The summed E-state index contributed by atoms with van der Waals surface area (Å²) in [5, 5.41) is 9.17. The van der Waals surface area contributed by atoms with Gasteiger partial charge in [-0.1, -0.05) is 0 Å². The Morgan fingerprint density at radius 3 is 2.74 bits per heavy atom. The zero-order chi connectivity index (χ0) is 14.1. The number of hydrogen-bond acceptors (Lipinski definition) is 5. The molecule has 0 radical (unpaired) electrons. The van der Waals surface area contributed by atoms with Crippen molar-refractivity contribution < 1.29 is 14.3 Å². The third kappa shape index (κ3) is 6.41. The van der Waals surface area contributed by atoms with Crippen molar-refractivity contribution in [1.29, 1.82) is 0 Å².